The summed E-state index contributed by atoms with van der Waals surface area (Å²) >= 11 is 18.4. The number of nitrogens with zero attached hydrogens (tertiary/aromatic N) is 2. The monoisotopic (exact) mass is 558 g/mol. The molecule has 2 fully saturated rings. The van der Waals surface area contributed by atoms with Crippen molar-refractivity contribution in [3.05, 3.63) is 57.5 Å². The van der Waals surface area contributed by atoms with Crippen LogP contribution in [0.2, 0.25) is 15.1 Å². The molecular formula is C25H29Cl3N2O4S. The average molecular weight is 560 g/mol. The molecular weight excluding hydrogens is 531 g/mol. The summed E-state index contributed by atoms with van der Waals surface area (Å²) in [6.07, 6.45) is 4.61. The Bertz CT molecular complexity index is 1150. The highest BCUT2D eigenvalue weighted by Crippen LogP contribution is 2.39. The molecule has 0 aromatic heterocycles. The molecule has 2 aromatic rings. The van der Waals surface area contributed by atoms with E-state index in [1.807, 2.05) is 4.90 Å². The number of likely N-dealkylation sites (tertiary alicyclic amines) is 1. The van der Waals surface area contributed by atoms with Crippen molar-refractivity contribution in [1.82, 2.24) is 9.21 Å². The third kappa shape index (κ3) is 6.25. The normalized spacial score (nSPS) is 21.6. The minimum Gasteiger partial charge on any atom is -0.493 e. The SMILES string of the molecule is O=C(C[C@]1(COc2ccc(Cl)cc2)CCCN(S(=O)(=O)c2cccc(Cl)c2Cl)C1)N1CCCCC1. The number of amides is 1. The van der Waals surface area contributed by atoms with Crippen molar-refractivity contribution in [3.8, 4) is 5.75 Å². The molecule has 4 rings (SSSR count). The topological polar surface area (TPSA) is 66.9 Å². The van der Waals surface area contributed by atoms with Crippen LogP contribution in [-0.2, 0) is 14.8 Å². The predicted molar refractivity (Wildman–Crippen MR) is 139 cm³/mol. The van der Waals surface area contributed by atoms with Crippen LogP contribution in [0.3, 0.4) is 0 Å². The summed E-state index contributed by atoms with van der Waals surface area (Å²) in [4.78, 5) is 15.2. The van der Waals surface area contributed by atoms with E-state index in [9.17, 15) is 13.2 Å². The van der Waals surface area contributed by atoms with Crippen molar-refractivity contribution < 1.29 is 17.9 Å². The summed E-state index contributed by atoms with van der Waals surface area (Å²) in [5.41, 5.74) is -0.676. The Morgan fingerprint density at radius 3 is 2.37 bits per heavy atom. The second-order valence-corrected chi connectivity index (χ2v) is 12.5. The number of piperidine rings is 2. The Hall–Kier alpha value is -1.51. The van der Waals surface area contributed by atoms with Gasteiger partial charge >= 0.3 is 0 Å². The van der Waals surface area contributed by atoms with Crippen LogP contribution in [0.4, 0.5) is 0 Å². The highest BCUT2D eigenvalue weighted by Gasteiger charge is 2.43. The van der Waals surface area contributed by atoms with Crippen molar-refractivity contribution in [2.24, 2.45) is 5.41 Å². The van der Waals surface area contributed by atoms with Gasteiger partial charge in [0.05, 0.1) is 16.7 Å². The highest BCUT2D eigenvalue weighted by atomic mass is 35.5. The van der Waals surface area contributed by atoms with Gasteiger partial charge in [-0.25, -0.2) is 8.42 Å². The number of hydrogen-bond acceptors (Lipinski definition) is 4. The Balaban J connectivity index is 1.60. The standard InChI is InChI=1S/C25H29Cl3N2O4S/c26-19-8-10-20(11-9-19)34-18-25(16-23(31)29-13-2-1-3-14-29)12-5-15-30(17-25)35(32,33)22-7-4-6-21(27)24(22)28/h4,6-11H,1-3,5,12-18H2/t25-/m1/s1. The number of rotatable bonds is 7. The number of benzene rings is 2. The number of halogens is 3. The average Bonchev–Trinajstić information content (AvgIpc) is 2.86. The largest absolute Gasteiger partial charge is 0.493 e. The van der Waals surface area contributed by atoms with Gasteiger partial charge in [0.1, 0.15) is 10.6 Å². The third-order valence-electron chi connectivity index (χ3n) is 6.75. The van der Waals surface area contributed by atoms with Gasteiger partial charge in [-0.15, -0.1) is 0 Å². The van der Waals surface area contributed by atoms with Crippen molar-refractivity contribution in [2.45, 2.75) is 43.4 Å². The first-order chi connectivity index (χ1) is 16.7. The molecule has 0 bridgehead atoms. The van der Waals surface area contributed by atoms with Crippen LogP contribution in [-0.4, -0.2) is 56.3 Å². The van der Waals surface area contributed by atoms with Crippen molar-refractivity contribution >= 4 is 50.7 Å². The molecule has 2 aromatic carbocycles. The first kappa shape index (κ1) is 26.6. The lowest BCUT2D eigenvalue weighted by molar-refractivity contribution is -0.136. The van der Waals surface area contributed by atoms with Crippen molar-refractivity contribution in [3.63, 3.8) is 0 Å². The van der Waals surface area contributed by atoms with Crippen LogP contribution in [0.25, 0.3) is 0 Å². The number of sulfonamides is 1. The zero-order chi connectivity index (χ0) is 25.1. The Labute approximate surface area is 222 Å². The number of carbonyl (C=O) groups is 1. The van der Waals surface area contributed by atoms with E-state index in [1.54, 1.807) is 36.4 Å². The van der Waals surface area contributed by atoms with Crippen LogP contribution in [0.1, 0.15) is 38.5 Å². The molecule has 0 unspecified atom stereocenters. The van der Waals surface area contributed by atoms with E-state index in [0.717, 1.165) is 32.4 Å². The molecule has 2 heterocycles. The second kappa shape index (κ2) is 11.3. The molecule has 190 valence electrons. The zero-order valence-corrected chi connectivity index (χ0v) is 22.5. The van der Waals surface area contributed by atoms with Crippen LogP contribution in [0.5, 0.6) is 5.75 Å². The lowest BCUT2D eigenvalue weighted by atomic mass is 9.78. The Kier molecular flexibility index (Phi) is 8.54. The molecule has 0 aliphatic carbocycles. The first-order valence-electron chi connectivity index (χ1n) is 11.8. The molecule has 35 heavy (non-hydrogen) atoms. The van der Waals surface area contributed by atoms with Gasteiger partial charge < -0.3 is 9.64 Å². The molecule has 6 nitrogen and oxygen atoms in total. The van der Waals surface area contributed by atoms with E-state index in [4.69, 9.17) is 39.5 Å². The Morgan fingerprint density at radius 2 is 1.66 bits per heavy atom. The molecule has 10 heteroatoms. The van der Waals surface area contributed by atoms with E-state index in [1.165, 1.54) is 10.4 Å². The van der Waals surface area contributed by atoms with Crippen LogP contribution in [0.15, 0.2) is 47.4 Å². The van der Waals surface area contributed by atoms with Crippen LogP contribution in [0, 0.1) is 5.41 Å². The molecule has 0 N–H and O–H groups in total. The van der Waals surface area contributed by atoms with E-state index >= 15 is 0 Å². The van der Waals surface area contributed by atoms with Gasteiger partial charge in [-0.2, -0.15) is 4.31 Å². The summed E-state index contributed by atoms with van der Waals surface area (Å²) in [7, 11) is -3.92. The van der Waals surface area contributed by atoms with Crippen molar-refractivity contribution in [2.75, 3.05) is 32.8 Å². The van der Waals surface area contributed by atoms with Gasteiger partial charge in [0.2, 0.25) is 15.9 Å². The molecule has 0 spiro atoms. The van der Waals surface area contributed by atoms with E-state index in [-0.39, 0.29) is 40.4 Å². The maximum absolute atomic E-state index is 13.6. The van der Waals surface area contributed by atoms with Gasteiger partial charge in [-0.05, 0) is 68.5 Å². The summed E-state index contributed by atoms with van der Waals surface area (Å²) in [5, 5.41) is 0.787. The molecule has 0 saturated carbocycles. The molecule has 1 atom stereocenters. The Morgan fingerprint density at radius 1 is 0.943 bits per heavy atom. The quantitative estimate of drug-likeness (QED) is 0.424. The number of hydrogen-bond donors (Lipinski definition) is 0. The van der Waals surface area contributed by atoms with E-state index < -0.39 is 15.4 Å². The van der Waals surface area contributed by atoms with Gasteiger partial charge in [0.15, 0.2) is 0 Å². The van der Waals surface area contributed by atoms with Crippen LogP contribution >= 0.6 is 34.8 Å². The molecule has 1 amide bonds. The zero-order valence-electron chi connectivity index (χ0n) is 19.4. The predicted octanol–water partition coefficient (Wildman–Crippen LogP) is 5.90. The van der Waals surface area contributed by atoms with E-state index in [0.29, 0.717) is 30.2 Å². The smallest absolute Gasteiger partial charge is 0.244 e. The summed E-state index contributed by atoms with van der Waals surface area (Å²) in [5.74, 6) is 0.668. The van der Waals surface area contributed by atoms with Gasteiger partial charge in [-0.1, -0.05) is 40.9 Å². The van der Waals surface area contributed by atoms with Gasteiger partial charge in [-0.3, -0.25) is 4.79 Å². The summed E-state index contributed by atoms with van der Waals surface area (Å²) in [6.45, 7) is 2.20. The molecule has 2 aliphatic heterocycles. The molecule has 2 aliphatic rings. The molecule has 2 saturated heterocycles. The maximum Gasteiger partial charge on any atom is 0.244 e. The molecule has 0 radical (unpaired) electrons. The first-order valence-corrected chi connectivity index (χ1v) is 14.4. The number of carbonyl (C=O) groups excluding carboxylic acids is 1. The fraction of sp³-hybridized carbons (Fsp3) is 0.480. The third-order valence-corrected chi connectivity index (χ3v) is 9.82. The maximum atomic E-state index is 13.6. The number of ether oxygens (including phenoxy) is 1. The summed E-state index contributed by atoms with van der Waals surface area (Å²) < 4.78 is 34.7. The van der Waals surface area contributed by atoms with Crippen LogP contribution < -0.4 is 4.74 Å². The fourth-order valence-corrected chi connectivity index (χ4v) is 7.30. The minimum atomic E-state index is -3.92. The second-order valence-electron chi connectivity index (χ2n) is 9.35. The van der Waals surface area contributed by atoms with E-state index in [2.05, 4.69) is 0 Å². The highest BCUT2D eigenvalue weighted by molar-refractivity contribution is 7.89. The minimum absolute atomic E-state index is 0.00662. The van der Waals surface area contributed by atoms with Gasteiger partial charge in [0.25, 0.3) is 0 Å². The van der Waals surface area contributed by atoms with Gasteiger partial charge in [0, 0.05) is 43.0 Å². The van der Waals surface area contributed by atoms with Crippen molar-refractivity contribution in [1.29, 1.82) is 0 Å². The lowest BCUT2D eigenvalue weighted by Gasteiger charge is -2.42. The lowest BCUT2D eigenvalue weighted by Crippen LogP contribution is -2.51. The summed E-state index contributed by atoms with van der Waals surface area (Å²) in [6, 6.07) is 11.6. The fourth-order valence-electron chi connectivity index (χ4n) is 4.85.